The lowest BCUT2D eigenvalue weighted by atomic mass is 9.57. The molecule has 2 unspecified atom stereocenters. The summed E-state index contributed by atoms with van der Waals surface area (Å²) in [4.78, 5) is 14.0. The normalized spacial score (nSPS) is 27.3. The van der Waals surface area contributed by atoms with Crippen LogP contribution in [0.4, 0.5) is 17.2 Å². The molecule has 1 aromatic carbocycles. The van der Waals surface area contributed by atoms with E-state index in [0.29, 0.717) is 0 Å². The number of allylic oxidation sites excluding steroid dienone is 5. The molecule has 0 saturated heterocycles. The van der Waals surface area contributed by atoms with E-state index in [4.69, 9.17) is 4.98 Å². The quantitative estimate of drug-likeness (QED) is 0.644. The van der Waals surface area contributed by atoms with E-state index in [0.717, 1.165) is 24.3 Å². The van der Waals surface area contributed by atoms with Gasteiger partial charge in [-0.3, -0.25) is 0 Å². The molecule has 0 spiro atoms. The van der Waals surface area contributed by atoms with Gasteiger partial charge in [-0.2, -0.15) is 0 Å². The minimum absolute atomic E-state index is 0.106. The average molecular weight is 371 g/mol. The molecule has 3 aliphatic rings. The van der Waals surface area contributed by atoms with E-state index in [1.54, 1.807) is 6.33 Å². The standard InChI is InChI=1S/C24H26N4/c1-5-24(4)18-13-9-10-14-19(18)28-21-20(15-25-16-26-21)27(22(28)23(24,2)3)17-11-7-6-8-12-17/h5-9,11-13,15-16,22H,1,10,14H2,2-4H3. The Hall–Kier alpha value is -2.88. The maximum atomic E-state index is 4.74. The van der Waals surface area contributed by atoms with E-state index in [-0.39, 0.29) is 17.0 Å². The van der Waals surface area contributed by atoms with Crippen LogP contribution in [0.3, 0.4) is 0 Å². The van der Waals surface area contributed by atoms with Crippen LogP contribution >= 0.6 is 0 Å². The predicted octanol–water partition coefficient (Wildman–Crippen LogP) is 5.60. The van der Waals surface area contributed by atoms with Crippen molar-refractivity contribution in [2.75, 3.05) is 9.80 Å². The van der Waals surface area contributed by atoms with Gasteiger partial charge in [0, 0.05) is 22.2 Å². The van der Waals surface area contributed by atoms with Crippen molar-refractivity contribution in [3.05, 3.63) is 78.9 Å². The van der Waals surface area contributed by atoms with Gasteiger partial charge in [-0.25, -0.2) is 9.97 Å². The summed E-state index contributed by atoms with van der Waals surface area (Å²) in [5, 5.41) is 0. The smallest absolute Gasteiger partial charge is 0.162 e. The third kappa shape index (κ3) is 2.00. The second-order valence-electron chi connectivity index (χ2n) is 8.61. The van der Waals surface area contributed by atoms with Crippen molar-refractivity contribution >= 4 is 17.2 Å². The van der Waals surface area contributed by atoms with E-state index in [1.807, 2.05) is 6.20 Å². The van der Waals surface area contributed by atoms with Crippen molar-refractivity contribution in [3.8, 4) is 0 Å². The Morgan fingerprint density at radius 2 is 1.93 bits per heavy atom. The van der Waals surface area contributed by atoms with Crippen LogP contribution in [0.1, 0.15) is 33.6 Å². The van der Waals surface area contributed by atoms with E-state index >= 15 is 0 Å². The summed E-state index contributed by atoms with van der Waals surface area (Å²) in [6.07, 6.45) is 12.6. The van der Waals surface area contributed by atoms with Crippen LogP contribution in [-0.4, -0.2) is 16.1 Å². The number of para-hydroxylation sites is 1. The van der Waals surface area contributed by atoms with Gasteiger partial charge in [0.2, 0.25) is 0 Å². The maximum Gasteiger partial charge on any atom is 0.162 e. The predicted molar refractivity (Wildman–Crippen MR) is 114 cm³/mol. The van der Waals surface area contributed by atoms with Crippen LogP contribution < -0.4 is 9.80 Å². The highest BCUT2D eigenvalue weighted by Crippen LogP contribution is 2.62. The van der Waals surface area contributed by atoms with Crippen LogP contribution in [0.2, 0.25) is 0 Å². The van der Waals surface area contributed by atoms with Gasteiger partial charge < -0.3 is 9.80 Å². The molecule has 2 aliphatic heterocycles. The summed E-state index contributed by atoms with van der Waals surface area (Å²) in [5.41, 5.74) is 4.71. The zero-order valence-electron chi connectivity index (χ0n) is 16.8. The maximum absolute atomic E-state index is 4.74. The number of hydrogen-bond donors (Lipinski definition) is 0. The molecule has 5 rings (SSSR count). The molecular weight excluding hydrogens is 344 g/mol. The monoisotopic (exact) mass is 370 g/mol. The first kappa shape index (κ1) is 17.2. The van der Waals surface area contributed by atoms with Crippen molar-refractivity contribution in [1.82, 2.24) is 9.97 Å². The molecule has 1 aromatic heterocycles. The molecule has 0 radical (unpaired) electrons. The molecule has 2 aromatic rings. The Morgan fingerprint density at radius 1 is 1.14 bits per heavy atom. The SMILES string of the molecule is C=CC1(C)C2=C(CCC=C2)N2c3ncncc3N(c3ccccc3)C2C1(C)C. The molecule has 0 N–H and O–H groups in total. The van der Waals surface area contributed by atoms with Gasteiger partial charge >= 0.3 is 0 Å². The molecule has 4 nitrogen and oxygen atoms in total. The van der Waals surface area contributed by atoms with Gasteiger partial charge in [0.15, 0.2) is 5.82 Å². The molecular formula is C24H26N4. The number of aromatic nitrogens is 2. The minimum atomic E-state index is -0.150. The number of benzene rings is 1. The van der Waals surface area contributed by atoms with E-state index in [2.05, 4.69) is 90.7 Å². The van der Waals surface area contributed by atoms with Crippen molar-refractivity contribution in [2.24, 2.45) is 10.8 Å². The van der Waals surface area contributed by atoms with Crippen LogP contribution in [0.5, 0.6) is 0 Å². The Morgan fingerprint density at radius 3 is 2.68 bits per heavy atom. The first-order chi connectivity index (χ1) is 13.5. The first-order valence-electron chi connectivity index (χ1n) is 9.98. The Kier molecular flexibility index (Phi) is 3.57. The zero-order chi connectivity index (χ0) is 19.5. The Balaban J connectivity index is 1.83. The Labute approximate surface area is 166 Å². The van der Waals surface area contributed by atoms with Crippen molar-refractivity contribution < 1.29 is 0 Å². The number of rotatable bonds is 2. The summed E-state index contributed by atoms with van der Waals surface area (Å²) < 4.78 is 0. The van der Waals surface area contributed by atoms with Crippen molar-refractivity contribution in [1.29, 1.82) is 0 Å². The third-order valence-corrected chi connectivity index (χ3v) is 7.07. The van der Waals surface area contributed by atoms with Crippen molar-refractivity contribution in [2.45, 2.75) is 39.8 Å². The molecule has 142 valence electrons. The number of nitrogens with zero attached hydrogens (tertiary/aromatic N) is 4. The highest BCUT2D eigenvalue weighted by atomic mass is 15.5. The van der Waals surface area contributed by atoms with E-state index < -0.39 is 0 Å². The zero-order valence-corrected chi connectivity index (χ0v) is 16.8. The fourth-order valence-corrected chi connectivity index (χ4v) is 5.19. The van der Waals surface area contributed by atoms with E-state index in [1.165, 1.54) is 17.0 Å². The van der Waals surface area contributed by atoms with Gasteiger partial charge in [0.1, 0.15) is 18.2 Å². The van der Waals surface area contributed by atoms with Gasteiger partial charge in [-0.15, -0.1) is 6.58 Å². The lowest BCUT2D eigenvalue weighted by Crippen LogP contribution is -2.60. The van der Waals surface area contributed by atoms with Gasteiger partial charge in [-0.1, -0.05) is 57.2 Å². The summed E-state index contributed by atoms with van der Waals surface area (Å²) in [6, 6.07) is 10.6. The minimum Gasteiger partial charge on any atom is -0.315 e. The number of fused-ring (bicyclic) bond motifs is 4. The Bertz CT molecular complexity index is 1000. The summed E-state index contributed by atoms with van der Waals surface area (Å²) >= 11 is 0. The van der Waals surface area contributed by atoms with Crippen LogP contribution in [-0.2, 0) is 0 Å². The highest BCUT2D eigenvalue weighted by molar-refractivity contribution is 5.84. The summed E-state index contributed by atoms with van der Waals surface area (Å²) in [5.74, 6) is 1.01. The van der Waals surface area contributed by atoms with Gasteiger partial charge in [-0.05, 0) is 30.5 Å². The second-order valence-corrected chi connectivity index (χ2v) is 8.61. The first-order valence-corrected chi connectivity index (χ1v) is 9.98. The van der Waals surface area contributed by atoms with Gasteiger partial charge in [0.05, 0.1) is 6.20 Å². The molecule has 28 heavy (non-hydrogen) atoms. The average Bonchev–Trinajstić information content (AvgIpc) is 3.09. The lowest BCUT2D eigenvalue weighted by molar-refractivity contribution is 0.131. The molecule has 0 fully saturated rings. The number of anilines is 3. The second kappa shape index (κ2) is 5.81. The van der Waals surface area contributed by atoms with Crippen molar-refractivity contribution in [3.63, 3.8) is 0 Å². The summed E-state index contributed by atoms with van der Waals surface area (Å²) in [6.45, 7) is 11.3. The number of hydrogen-bond acceptors (Lipinski definition) is 4. The highest BCUT2D eigenvalue weighted by Gasteiger charge is 2.59. The fourth-order valence-electron chi connectivity index (χ4n) is 5.19. The largest absolute Gasteiger partial charge is 0.315 e. The lowest BCUT2D eigenvalue weighted by Gasteiger charge is -2.57. The third-order valence-electron chi connectivity index (χ3n) is 7.07. The topological polar surface area (TPSA) is 32.3 Å². The summed E-state index contributed by atoms with van der Waals surface area (Å²) in [7, 11) is 0. The van der Waals surface area contributed by atoms with Crippen LogP contribution in [0.15, 0.2) is 78.9 Å². The molecule has 2 atom stereocenters. The van der Waals surface area contributed by atoms with E-state index in [9.17, 15) is 0 Å². The molecule has 3 heterocycles. The van der Waals surface area contributed by atoms with Crippen LogP contribution in [0.25, 0.3) is 0 Å². The molecule has 1 aliphatic carbocycles. The van der Waals surface area contributed by atoms with Gasteiger partial charge in [0.25, 0.3) is 0 Å². The molecule has 0 saturated carbocycles. The fraction of sp³-hybridized carbons (Fsp3) is 0.333. The molecule has 4 heteroatoms. The molecule has 0 bridgehead atoms. The molecule has 0 amide bonds. The van der Waals surface area contributed by atoms with Crippen LogP contribution in [0, 0.1) is 10.8 Å².